The highest BCUT2D eigenvalue weighted by Crippen LogP contribution is 2.55. The predicted molar refractivity (Wildman–Crippen MR) is 75.1 cm³/mol. The summed E-state index contributed by atoms with van der Waals surface area (Å²) in [5.74, 6) is 0.537. The highest BCUT2D eigenvalue weighted by Gasteiger charge is 2.54. The third-order valence-electron chi connectivity index (χ3n) is 4.06. The van der Waals surface area contributed by atoms with Gasteiger partial charge in [0.15, 0.2) is 11.5 Å². The van der Waals surface area contributed by atoms with Crippen LogP contribution in [0.3, 0.4) is 0 Å². The molecule has 5 heteroatoms. The number of benzene rings is 1. The van der Waals surface area contributed by atoms with Gasteiger partial charge < -0.3 is 14.6 Å². The summed E-state index contributed by atoms with van der Waals surface area (Å²) in [5, 5.41) is 9.98. The third kappa shape index (κ3) is 1.85. The van der Waals surface area contributed by atoms with Crippen LogP contribution in [0.5, 0.6) is 11.5 Å². The lowest BCUT2D eigenvalue weighted by molar-refractivity contribution is -0.140. The molecule has 1 aromatic carbocycles. The Labute approximate surface area is 122 Å². The van der Waals surface area contributed by atoms with Gasteiger partial charge in [-0.25, -0.2) is 0 Å². The van der Waals surface area contributed by atoms with Gasteiger partial charge in [0, 0.05) is 5.56 Å². The van der Waals surface area contributed by atoms with Crippen molar-refractivity contribution in [1.82, 2.24) is 0 Å². The molecule has 0 spiro atoms. The summed E-state index contributed by atoms with van der Waals surface area (Å²) < 4.78 is 11.3. The summed E-state index contributed by atoms with van der Waals surface area (Å²) in [6, 6.07) is 1.76. The summed E-state index contributed by atoms with van der Waals surface area (Å²) >= 11 is 6.26. The van der Waals surface area contributed by atoms with Gasteiger partial charge in [0.1, 0.15) is 13.2 Å². The Morgan fingerprint density at radius 2 is 1.90 bits per heavy atom. The van der Waals surface area contributed by atoms with Crippen molar-refractivity contribution in [3.63, 3.8) is 0 Å². The largest absolute Gasteiger partial charge is 0.486 e. The molecule has 1 heterocycles. The zero-order valence-corrected chi connectivity index (χ0v) is 12.3. The van der Waals surface area contributed by atoms with E-state index in [0.29, 0.717) is 42.6 Å². The molecule has 0 saturated heterocycles. The van der Waals surface area contributed by atoms with E-state index in [1.165, 1.54) is 0 Å². The molecule has 1 fully saturated rings. The molecule has 0 unspecified atom stereocenters. The maximum absolute atomic E-state index is 11.6. The van der Waals surface area contributed by atoms with Crippen LogP contribution in [-0.4, -0.2) is 24.3 Å². The minimum Gasteiger partial charge on any atom is -0.486 e. The van der Waals surface area contributed by atoms with Crippen molar-refractivity contribution in [3.8, 4) is 11.5 Å². The predicted octanol–water partition coefficient (Wildman–Crippen LogP) is 3.35. The van der Waals surface area contributed by atoms with E-state index >= 15 is 0 Å². The normalized spacial score (nSPS) is 19.0. The number of halogens is 1. The van der Waals surface area contributed by atoms with Crippen molar-refractivity contribution in [3.05, 3.63) is 22.2 Å². The van der Waals surface area contributed by atoms with Gasteiger partial charge in [-0.15, -0.1) is 0 Å². The van der Waals surface area contributed by atoms with Gasteiger partial charge in [0.25, 0.3) is 0 Å². The van der Waals surface area contributed by atoms with Crippen LogP contribution >= 0.6 is 11.6 Å². The van der Waals surface area contributed by atoms with E-state index in [2.05, 4.69) is 0 Å². The summed E-state index contributed by atoms with van der Waals surface area (Å²) in [7, 11) is 0. The zero-order chi connectivity index (χ0) is 14.5. The number of ether oxygens (including phenoxy) is 2. The average Bonchev–Trinajstić information content (AvgIpc) is 3.19. The Bertz CT molecular complexity index is 576. The molecule has 1 aliphatic heterocycles. The Morgan fingerprint density at radius 1 is 1.30 bits per heavy atom. The molecule has 4 nitrogen and oxygen atoms in total. The maximum atomic E-state index is 11.6. The highest BCUT2D eigenvalue weighted by atomic mass is 35.5. The van der Waals surface area contributed by atoms with Crippen LogP contribution in [-0.2, 0) is 10.2 Å². The number of hydrogen-bond donors (Lipinski definition) is 1. The van der Waals surface area contributed by atoms with Crippen molar-refractivity contribution in [2.75, 3.05) is 13.2 Å². The Hall–Kier alpha value is -1.42. The van der Waals surface area contributed by atoms with Gasteiger partial charge in [-0.3, -0.25) is 4.79 Å². The molecule has 20 heavy (non-hydrogen) atoms. The van der Waals surface area contributed by atoms with E-state index in [0.717, 1.165) is 11.1 Å². The van der Waals surface area contributed by atoms with E-state index in [4.69, 9.17) is 21.1 Å². The minimum absolute atomic E-state index is 0.148. The number of rotatable bonds is 3. The van der Waals surface area contributed by atoms with Crippen LogP contribution < -0.4 is 9.47 Å². The molecule has 2 aliphatic rings. The fourth-order valence-electron chi connectivity index (χ4n) is 2.88. The summed E-state index contributed by atoms with van der Waals surface area (Å²) in [4.78, 5) is 11.6. The van der Waals surface area contributed by atoms with E-state index in [1.54, 1.807) is 6.07 Å². The smallest absolute Gasteiger partial charge is 0.314 e. The molecule has 1 aliphatic carbocycles. The molecule has 0 aromatic heterocycles. The maximum Gasteiger partial charge on any atom is 0.314 e. The van der Waals surface area contributed by atoms with Crippen molar-refractivity contribution < 1.29 is 19.4 Å². The van der Waals surface area contributed by atoms with Crippen molar-refractivity contribution in [2.24, 2.45) is 0 Å². The van der Waals surface area contributed by atoms with E-state index in [1.807, 2.05) is 13.8 Å². The minimum atomic E-state index is -0.793. The average molecular weight is 297 g/mol. The van der Waals surface area contributed by atoms with Crippen LogP contribution in [0.2, 0.25) is 5.02 Å². The van der Waals surface area contributed by atoms with E-state index in [9.17, 15) is 9.90 Å². The van der Waals surface area contributed by atoms with Crippen LogP contribution in [0.1, 0.15) is 43.7 Å². The van der Waals surface area contributed by atoms with Gasteiger partial charge in [0.05, 0.1) is 10.4 Å². The van der Waals surface area contributed by atoms with Crippen molar-refractivity contribution >= 4 is 17.6 Å². The van der Waals surface area contributed by atoms with Gasteiger partial charge in [-0.05, 0) is 30.4 Å². The van der Waals surface area contributed by atoms with Crippen LogP contribution in [0.25, 0.3) is 0 Å². The molecule has 3 rings (SSSR count). The Kier molecular flexibility index (Phi) is 3.09. The zero-order valence-electron chi connectivity index (χ0n) is 11.5. The molecule has 0 amide bonds. The molecule has 108 valence electrons. The lowest BCUT2D eigenvalue weighted by Crippen LogP contribution is -2.24. The molecule has 0 bridgehead atoms. The highest BCUT2D eigenvalue weighted by molar-refractivity contribution is 6.32. The molecule has 1 aromatic rings. The quantitative estimate of drug-likeness (QED) is 0.929. The number of aliphatic carboxylic acids is 1. The standard InChI is InChI=1S/C15H17ClO4/c1-8(2)11-9(15(3-4-15)14(17)18)7-10(16)12-13(11)20-6-5-19-12/h7-8H,3-6H2,1-2H3,(H,17,18). The SMILES string of the molecule is CC(C)c1c(C2(C(=O)O)CC2)cc(Cl)c2c1OCCO2. The fourth-order valence-corrected chi connectivity index (χ4v) is 3.13. The second-order valence-corrected chi connectivity index (χ2v) is 6.12. The number of carboxylic acids is 1. The first kappa shape index (κ1) is 13.6. The Morgan fingerprint density at radius 3 is 2.40 bits per heavy atom. The first-order chi connectivity index (χ1) is 9.47. The Balaban J connectivity index is 2.25. The monoisotopic (exact) mass is 296 g/mol. The second kappa shape index (κ2) is 4.55. The lowest BCUT2D eigenvalue weighted by Gasteiger charge is -2.27. The molecule has 0 atom stereocenters. The van der Waals surface area contributed by atoms with Crippen LogP contribution in [0.4, 0.5) is 0 Å². The molecular weight excluding hydrogens is 280 g/mol. The van der Waals surface area contributed by atoms with E-state index < -0.39 is 11.4 Å². The van der Waals surface area contributed by atoms with Gasteiger partial charge in [-0.1, -0.05) is 25.4 Å². The topological polar surface area (TPSA) is 55.8 Å². The van der Waals surface area contributed by atoms with Gasteiger partial charge >= 0.3 is 5.97 Å². The van der Waals surface area contributed by atoms with Crippen molar-refractivity contribution in [2.45, 2.75) is 38.0 Å². The summed E-state index contributed by atoms with van der Waals surface area (Å²) in [6.45, 7) is 4.99. The van der Waals surface area contributed by atoms with Gasteiger partial charge in [0.2, 0.25) is 0 Å². The first-order valence-corrected chi connectivity index (χ1v) is 7.21. The molecule has 0 radical (unpaired) electrons. The van der Waals surface area contributed by atoms with Crippen LogP contribution in [0.15, 0.2) is 6.07 Å². The first-order valence-electron chi connectivity index (χ1n) is 6.83. The molecule has 1 saturated carbocycles. The summed E-state index contributed by atoms with van der Waals surface area (Å²) in [6.07, 6.45) is 1.30. The number of fused-ring (bicyclic) bond motifs is 1. The van der Waals surface area contributed by atoms with E-state index in [-0.39, 0.29) is 5.92 Å². The van der Waals surface area contributed by atoms with Gasteiger partial charge in [-0.2, -0.15) is 0 Å². The van der Waals surface area contributed by atoms with Crippen LogP contribution in [0, 0.1) is 0 Å². The fraction of sp³-hybridized carbons (Fsp3) is 0.533. The lowest BCUT2D eigenvalue weighted by atomic mass is 9.85. The van der Waals surface area contributed by atoms with Crippen molar-refractivity contribution in [1.29, 1.82) is 0 Å². The number of hydrogen-bond acceptors (Lipinski definition) is 3. The molecule has 1 N–H and O–H groups in total. The molecular formula is C15H17ClO4. The number of carboxylic acid groups (broad SMARTS) is 1. The third-order valence-corrected chi connectivity index (χ3v) is 4.34. The number of carbonyl (C=O) groups is 1. The second-order valence-electron chi connectivity index (χ2n) is 5.72. The summed E-state index contributed by atoms with van der Waals surface area (Å²) in [5.41, 5.74) is 0.914.